The van der Waals surface area contributed by atoms with Gasteiger partial charge in [0.1, 0.15) is 0 Å². The van der Waals surface area contributed by atoms with Crippen LogP contribution in [0.25, 0.3) is 0 Å². The lowest BCUT2D eigenvalue weighted by molar-refractivity contribution is -0.133. The van der Waals surface area contributed by atoms with Gasteiger partial charge in [0.05, 0.1) is 12.0 Å². The Balaban J connectivity index is 1.25. The Bertz CT molecular complexity index is 510. The van der Waals surface area contributed by atoms with Gasteiger partial charge < -0.3 is 14.8 Å². The molecule has 4 rings (SSSR count). The second kappa shape index (κ2) is 5.44. The Kier molecular flexibility index (Phi) is 3.45. The molecule has 3 aliphatic rings. The van der Waals surface area contributed by atoms with Gasteiger partial charge in [-0.3, -0.25) is 4.79 Å². The van der Waals surface area contributed by atoms with Crippen molar-refractivity contribution in [1.29, 1.82) is 0 Å². The Morgan fingerprint density at radius 3 is 2.62 bits per heavy atom. The summed E-state index contributed by atoms with van der Waals surface area (Å²) in [5.41, 5.74) is 1.30. The molecule has 1 aromatic rings. The lowest BCUT2D eigenvalue weighted by Gasteiger charge is -2.32. The number of hydrogen-bond donors (Lipinski definition) is 1. The third-order valence-electron chi connectivity index (χ3n) is 4.99. The van der Waals surface area contributed by atoms with Crippen molar-refractivity contribution in [3.8, 4) is 0 Å². The highest BCUT2D eigenvalue weighted by Crippen LogP contribution is 2.35. The molecule has 0 bridgehead atoms. The van der Waals surface area contributed by atoms with E-state index in [2.05, 4.69) is 19.8 Å². The number of likely N-dealkylation sites (tertiary alicyclic amines) is 1. The Morgan fingerprint density at radius 1 is 1.19 bits per heavy atom. The molecule has 0 radical (unpaired) electrons. The van der Waals surface area contributed by atoms with Crippen molar-refractivity contribution in [2.75, 3.05) is 13.1 Å². The van der Waals surface area contributed by atoms with E-state index in [0.717, 1.165) is 45.3 Å². The predicted octanol–water partition coefficient (Wildman–Crippen LogP) is 1.71. The van der Waals surface area contributed by atoms with Crippen LogP contribution in [-0.2, 0) is 11.3 Å². The molecule has 0 spiro atoms. The highest BCUT2D eigenvalue weighted by molar-refractivity contribution is 5.81. The van der Waals surface area contributed by atoms with Crippen molar-refractivity contribution < 1.29 is 4.79 Å². The zero-order valence-corrected chi connectivity index (χ0v) is 12.5. The van der Waals surface area contributed by atoms with Gasteiger partial charge in [-0.05, 0) is 38.5 Å². The van der Waals surface area contributed by atoms with Crippen LogP contribution in [0.15, 0.2) is 12.5 Å². The lowest BCUT2D eigenvalue weighted by Crippen LogP contribution is -2.45. The molecule has 0 unspecified atom stereocenters. The van der Waals surface area contributed by atoms with E-state index in [0.29, 0.717) is 23.9 Å². The van der Waals surface area contributed by atoms with Gasteiger partial charge in [-0.15, -0.1) is 0 Å². The minimum Gasteiger partial charge on any atom is -0.342 e. The number of rotatable bonds is 5. The molecule has 5 nitrogen and oxygen atoms in total. The number of imidazole rings is 1. The van der Waals surface area contributed by atoms with Gasteiger partial charge in [0.15, 0.2) is 0 Å². The van der Waals surface area contributed by atoms with Crippen molar-refractivity contribution in [3.63, 3.8) is 0 Å². The smallest absolute Gasteiger partial charge is 0.225 e. The van der Waals surface area contributed by atoms with Crippen LogP contribution in [0.1, 0.15) is 50.3 Å². The first-order valence-corrected chi connectivity index (χ1v) is 8.34. The zero-order chi connectivity index (χ0) is 14.2. The monoisotopic (exact) mass is 288 g/mol. The second-order valence-electron chi connectivity index (χ2n) is 6.78. The van der Waals surface area contributed by atoms with E-state index in [1.165, 1.54) is 18.5 Å². The SMILES string of the molecule is O=C(C1CC1)N1CCC(NCc2cncn2C2CC2)CC1. The van der Waals surface area contributed by atoms with Gasteiger partial charge in [0.25, 0.3) is 0 Å². The van der Waals surface area contributed by atoms with Crippen molar-refractivity contribution >= 4 is 5.91 Å². The molecule has 21 heavy (non-hydrogen) atoms. The molecule has 2 aliphatic carbocycles. The summed E-state index contributed by atoms with van der Waals surface area (Å²) in [5.74, 6) is 0.766. The fourth-order valence-corrected chi connectivity index (χ4v) is 3.29. The quantitative estimate of drug-likeness (QED) is 0.897. The number of nitrogens with zero attached hydrogens (tertiary/aromatic N) is 3. The minimum atomic E-state index is 0.363. The molecule has 1 saturated heterocycles. The summed E-state index contributed by atoms with van der Waals surface area (Å²) in [6.07, 6.45) is 10.9. The third kappa shape index (κ3) is 2.98. The van der Waals surface area contributed by atoms with E-state index >= 15 is 0 Å². The summed E-state index contributed by atoms with van der Waals surface area (Å²) < 4.78 is 2.32. The number of aromatic nitrogens is 2. The van der Waals surface area contributed by atoms with Crippen LogP contribution in [0.4, 0.5) is 0 Å². The standard InChI is InChI=1S/C16H24N4O/c21-16(12-1-2-12)19-7-5-13(6-8-19)18-10-15-9-17-11-20(15)14-3-4-14/h9,11-14,18H,1-8,10H2. The van der Waals surface area contributed by atoms with E-state index < -0.39 is 0 Å². The third-order valence-corrected chi connectivity index (χ3v) is 4.99. The maximum Gasteiger partial charge on any atom is 0.225 e. The normalized spacial score (nSPS) is 23.5. The van der Waals surface area contributed by atoms with Crippen LogP contribution in [0.2, 0.25) is 0 Å². The molecular formula is C16H24N4O. The summed E-state index contributed by atoms with van der Waals surface area (Å²) in [6, 6.07) is 1.23. The number of carbonyl (C=O) groups excluding carboxylic acids is 1. The molecule has 0 aromatic carbocycles. The van der Waals surface area contributed by atoms with Crippen LogP contribution < -0.4 is 5.32 Å². The molecule has 2 heterocycles. The highest BCUT2D eigenvalue weighted by atomic mass is 16.2. The first kappa shape index (κ1) is 13.3. The van der Waals surface area contributed by atoms with Gasteiger partial charge in [-0.2, -0.15) is 0 Å². The predicted molar refractivity (Wildman–Crippen MR) is 79.7 cm³/mol. The zero-order valence-electron chi connectivity index (χ0n) is 12.5. The average Bonchev–Trinajstić information content (AvgIpc) is 3.43. The molecular weight excluding hydrogens is 264 g/mol. The number of nitrogens with one attached hydrogen (secondary N) is 1. The van der Waals surface area contributed by atoms with E-state index in [1.807, 2.05) is 12.5 Å². The van der Waals surface area contributed by atoms with Crippen molar-refractivity contribution in [2.45, 2.75) is 57.2 Å². The van der Waals surface area contributed by atoms with Gasteiger partial charge in [0, 0.05) is 43.8 Å². The summed E-state index contributed by atoms with van der Waals surface area (Å²) in [7, 11) is 0. The fourth-order valence-electron chi connectivity index (χ4n) is 3.29. The Labute approximate surface area is 125 Å². The lowest BCUT2D eigenvalue weighted by atomic mass is 10.0. The number of hydrogen-bond acceptors (Lipinski definition) is 3. The number of amides is 1. The first-order valence-electron chi connectivity index (χ1n) is 8.34. The summed E-state index contributed by atoms with van der Waals surface area (Å²) in [6.45, 7) is 2.75. The van der Waals surface area contributed by atoms with Crippen molar-refractivity contribution in [2.24, 2.45) is 5.92 Å². The van der Waals surface area contributed by atoms with Gasteiger partial charge in [0.2, 0.25) is 5.91 Å². The maximum absolute atomic E-state index is 12.0. The van der Waals surface area contributed by atoms with Crippen LogP contribution >= 0.6 is 0 Å². The molecule has 2 saturated carbocycles. The topological polar surface area (TPSA) is 50.2 Å². The molecule has 5 heteroatoms. The Hall–Kier alpha value is -1.36. The number of carbonyl (C=O) groups is 1. The van der Waals surface area contributed by atoms with Crippen molar-refractivity contribution in [3.05, 3.63) is 18.2 Å². The molecule has 1 aliphatic heterocycles. The highest BCUT2D eigenvalue weighted by Gasteiger charge is 2.34. The summed E-state index contributed by atoms with van der Waals surface area (Å²) in [5, 5.41) is 3.65. The van der Waals surface area contributed by atoms with Crippen LogP contribution in [0.3, 0.4) is 0 Å². The molecule has 114 valence electrons. The van der Waals surface area contributed by atoms with Gasteiger partial charge in [-0.1, -0.05) is 0 Å². The van der Waals surface area contributed by atoms with Crippen LogP contribution in [0.5, 0.6) is 0 Å². The van der Waals surface area contributed by atoms with Crippen molar-refractivity contribution in [1.82, 2.24) is 19.8 Å². The van der Waals surface area contributed by atoms with Crippen LogP contribution in [0, 0.1) is 5.92 Å². The molecule has 1 amide bonds. The number of piperidine rings is 1. The Morgan fingerprint density at radius 2 is 1.95 bits per heavy atom. The van der Waals surface area contributed by atoms with Crippen LogP contribution in [-0.4, -0.2) is 39.5 Å². The fraction of sp³-hybridized carbons (Fsp3) is 0.750. The van der Waals surface area contributed by atoms with E-state index in [4.69, 9.17) is 0 Å². The molecule has 3 fully saturated rings. The van der Waals surface area contributed by atoms with Gasteiger partial charge in [-0.25, -0.2) is 4.98 Å². The largest absolute Gasteiger partial charge is 0.342 e. The summed E-state index contributed by atoms with van der Waals surface area (Å²) in [4.78, 5) is 18.4. The van der Waals surface area contributed by atoms with Gasteiger partial charge >= 0.3 is 0 Å². The minimum absolute atomic E-state index is 0.363. The average molecular weight is 288 g/mol. The van der Waals surface area contributed by atoms with E-state index in [9.17, 15) is 4.79 Å². The summed E-state index contributed by atoms with van der Waals surface area (Å²) >= 11 is 0. The maximum atomic E-state index is 12.0. The molecule has 0 atom stereocenters. The first-order chi connectivity index (χ1) is 10.3. The molecule has 1 aromatic heterocycles. The van der Waals surface area contributed by atoms with E-state index in [1.54, 1.807) is 0 Å². The van der Waals surface area contributed by atoms with E-state index in [-0.39, 0.29) is 0 Å². The molecule has 1 N–H and O–H groups in total. The second-order valence-corrected chi connectivity index (χ2v) is 6.78.